The third kappa shape index (κ3) is 3.35. The second-order valence-corrected chi connectivity index (χ2v) is 11.4. The zero-order valence-corrected chi connectivity index (χ0v) is 15.4. The van der Waals surface area contributed by atoms with Crippen molar-refractivity contribution in [3.63, 3.8) is 0 Å². The summed E-state index contributed by atoms with van der Waals surface area (Å²) in [4.78, 5) is 0. The summed E-state index contributed by atoms with van der Waals surface area (Å²) in [5, 5.41) is 0.0703. The number of terminal acetylenes is 1. The number of ether oxygens (including phenoxy) is 2. The van der Waals surface area contributed by atoms with Crippen LogP contribution in [0, 0.1) is 19.3 Å². The number of aryl methyl sites for hydroxylation is 1. The number of methoxy groups -OCH3 is 2. The Hall–Kier alpha value is -1.60. The molecule has 3 nitrogen and oxygen atoms in total. The van der Waals surface area contributed by atoms with Crippen molar-refractivity contribution in [1.82, 2.24) is 0 Å². The molecule has 1 aromatic rings. The molecule has 4 heteroatoms. The van der Waals surface area contributed by atoms with Gasteiger partial charge in [-0.2, -0.15) is 0 Å². The molecular weight excluding hydrogens is 280 g/mol. The molecule has 0 spiro atoms. The smallest absolute Gasteiger partial charge is 0.250 e. The van der Waals surface area contributed by atoms with Crippen molar-refractivity contribution < 1.29 is 13.9 Å². The van der Waals surface area contributed by atoms with E-state index < -0.39 is 8.32 Å². The third-order valence-electron chi connectivity index (χ3n) is 4.13. The molecule has 21 heavy (non-hydrogen) atoms. The number of benzene rings is 1. The van der Waals surface area contributed by atoms with Gasteiger partial charge >= 0.3 is 0 Å². The van der Waals surface area contributed by atoms with Gasteiger partial charge in [-0.25, -0.2) is 0 Å². The van der Waals surface area contributed by atoms with Crippen molar-refractivity contribution in [3.05, 3.63) is 17.2 Å². The molecule has 1 rings (SSSR count). The van der Waals surface area contributed by atoms with Crippen LogP contribution < -0.4 is 13.9 Å². The predicted molar refractivity (Wildman–Crippen MR) is 90.0 cm³/mol. The van der Waals surface area contributed by atoms with E-state index in [2.05, 4.69) is 39.8 Å². The van der Waals surface area contributed by atoms with Gasteiger partial charge in [0.15, 0.2) is 11.5 Å². The van der Waals surface area contributed by atoms with E-state index in [1.54, 1.807) is 14.2 Å². The van der Waals surface area contributed by atoms with Gasteiger partial charge in [0.1, 0.15) is 0 Å². The topological polar surface area (TPSA) is 27.7 Å². The van der Waals surface area contributed by atoms with Gasteiger partial charge in [-0.05, 0) is 36.7 Å². The minimum atomic E-state index is -2.03. The molecule has 0 atom stereocenters. The van der Waals surface area contributed by atoms with Crippen molar-refractivity contribution >= 4 is 8.32 Å². The van der Waals surface area contributed by atoms with Crippen molar-refractivity contribution in [1.29, 1.82) is 0 Å². The molecule has 0 radical (unpaired) electrons. The molecular formula is C17H26O3Si. The Balaban J connectivity index is 3.54. The highest BCUT2D eigenvalue weighted by Crippen LogP contribution is 2.46. The van der Waals surface area contributed by atoms with Gasteiger partial charge in [0.05, 0.1) is 19.8 Å². The highest BCUT2D eigenvalue weighted by molar-refractivity contribution is 6.74. The van der Waals surface area contributed by atoms with Crippen LogP contribution in [0.4, 0.5) is 0 Å². The van der Waals surface area contributed by atoms with E-state index in [9.17, 15) is 0 Å². The normalized spacial score (nSPS) is 11.8. The highest BCUT2D eigenvalue weighted by Gasteiger charge is 2.40. The van der Waals surface area contributed by atoms with Gasteiger partial charge in [0, 0.05) is 0 Å². The standard InChI is InChI=1S/C17H26O3Si/c1-10-13-12(2)11-14(18-6)16(19-7)15(13)20-21(8,9)17(3,4)5/h1,11H,2-9H3. The summed E-state index contributed by atoms with van der Waals surface area (Å²) < 4.78 is 17.3. The van der Waals surface area contributed by atoms with Crippen molar-refractivity contribution in [2.75, 3.05) is 14.2 Å². The zero-order chi connectivity index (χ0) is 16.4. The molecule has 1 aromatic carbocycles. The number of hydrogen-bond acceptors (Lipinski definition) is 3. The predicted octanol–water partition coefficient (Wildman–Crippen LogP) is 4.38. The Morgan fingerprint density at radius 3 is 2.05 bits per heavy atom. The third-order valence-corrected chi connectivity index (χ3v) is 8.46. The summed E-state index contributed by atoms with van der Waals surface area (Å²) in [6, 6.07) is 1.88. The fourth-order valence-corrected chi connectivity index (χ4v) is 2.78. The molecule has 0 fully saturated rings. The molecule has 0 aliphatic rings. The molecule has 0 saturated heterocycles. The maximum atomic E-state index is 6.43. The lowest BCUT2D eigenvalue weighted by Gasteiger charge is -2.37. The number of hydrogen-bond donors (Lipinski definition) is 0. The van der Waals surface area contributed by atoms with Crippen LogP contribution in [-0.4, -0.2) is 22.5 Å². The summed E-state index contributed by atoms with van der Waals surface area (Å²) >= 11 is 0. The van der Waals surface area contributed by atoms with Crippen LogP contribution in [0.2, 0.25) is 18.1 Å². The van der Waals surface area contributed by atoms with E-state index in [-0.39, 0.29) is 5.04 Å². The minimum absolute atomic E-state index is 0.0703. The average Bonchev–Trinajstić information content (AvgIpc) is 2.36. The molecule has 0 bridgehead atoms. The summed E-state index contributed by atoms with van der Waals surface area (Å²) in [6.07, 6.45) is 5.68. The van der Waals surface area contributed by atoms with E-state index in [1.165, 1.54) is 0 Å². The Morgan fingerprint density at radius 2 is 1.67 bits per heavy atom. The van der Waals surface area contributed by atoms with Gasteiger partial charge in [0.25, 0.3) is 8.32 Å². The van der Waals surface area contributed by atoms with Crippen LogP contribution in [0.25, 0.3) is 0 Å². The molecule has 0 saturated carbocycles. The lowest BCUT2D eigenvalue weighted by molar-refractivity contribution is 0.339. The Morgan fingerprint density at radius 1 is 1.10 bits per heavy atom. The van der Waals surface area contributed by atoms with E-state index in [0.717, 1.165) is 11.1 Å². The first kappa shape index (κ1) is 17.4. The fraction of sp³-hybridized carbons (Fsp3) is 0.529. The molecule has 0 unspecified atom stereocenters. The Kier molecular flexibility index (Phi) is 5.01. The number of rotatable bonds is 4. The minimum Gasteiger partial charge on any atom is -0.540 e. The van der Waals surface area contributed by atoms with Gasteiger partial charge in [-0.3, -0.25) is 0 Å². The van der Waals surface area contributed by atoms with E-state index in [1.807, 2.05) is 13.0 Å². The molecule has 0 aromatic heterocycles. The van der Waals surface area contributed by atoms with Gasteiger partial charge in [-0.15, -0.1) is 6.42 Å². The largest absolute Gasteiger partial charge is 0.540 e. The maximum absolute atomic E-state index is 6.43. The van der Waals surface area contributed by atoms with Crippen molar-refractivity contribution in [2.45, 2.75) is 45.8 Å². The summed E-state index contributed by atoms with van der Waals surface area (Å²) in [5.41, 5.74) is 1.68. The van der Waals surface area contributed by atoms with Crippen molar-refractivity contribution in [2.24, 2.45) is 0 Å². The van der Waals surface area contributed by atoms with Crippen LogP contribution >= 0.6 is 0 Å². The molecule has 0 aliphatic carbocycles. The summed E-state index contributed by atoms with van der Waals surface area (Å²) in [6.45, 7) is 12.9. The van der Waals surface area contributed by atoms with Gasteiger partial charge in [0.2, 0.25) is 5.75 Å². The van der Waals surface area contributed by atoms with Crippen LogP contribution in [0.1, 0.15) is 31.9 Å². The van der Waals surface area contributed by atoms with Gasteiger partial charge in [-0.1, -0.05) is 26.7 Å². The first-order chi connectivity index (χ1) is 9.59. The average molecular weight is 306 g/mol. The second-order valence-electron chi connectivity index (χ2n) is 6.64. The van der Waals surface area contributed by atoms with E-state index >= 15 is 0 Å². The maximum Gasteiger partial charge on any atom is 0.250 e. The van der Waals surface area contributed by atoms with Crippen LogP contribution in [-0.2, 0) is 0 Å². The van der Waals surface area contributed by atoms with Gasteiger partial charge < -0.3 is 13.9 Å². The van der Waals surface area contributed by atoms with Crippen molar-refractivity contribution in [3.8, 4) is 29.6 Å². The first-order valence-electron chi connectivity index (χ1n) is 7.00. The highest BCUT2D eigenvalue weighted by atomic mass is 28.4. The Labute approximate surface area is 129 Å². The zero-order valence-electron chi connectivity index (χ0n) is 14.4. The van der Waals surface area contributed by atoms with Crippen LogP contribution in [0.15, 0.2) is 6.07 Å². The molecule has 116 valence electrons. The van der Waals surface area contributed by atoms with E-state index in [0.29, 0.717) is 17.2 Å². The molecule has 0 heterocycles. The molecule has 0 amide bonds. The SMILES string of the molecule is C#Cc1c(C)cc(OC)c(OC)c1O[Si](C)(C)C(C)(C)C. The summed E-state index contributed by atoms with van der Waals surface area (Å²) in [7, 11) is 1.19. The monoisotopic (exact) mass is 306 g/mol. The Bertz CT molecular complexity index is 563. The fourth-order valence-electron chi connectivity index (χ4n) is 1.77. The summed E-state index contributed by atoms with van der Waals surface area (Å²) in [5.74, 6) is 4.57. The first-order valence-corrected chi connectivity index (χ1v) is 9.91. The second kappa shape index (κ2) is 6.03. The van der Waals surface area contributed by atoms with E-state index in [4.69, 9.17) is 20.3 Å². The van der Waals surface area contributed by atoms with Crippen LogP contribution in [0.3, 0.4) is 0 Å². The quantitative estimate of drug-likeness (QED) is 0.610. The lowest BCUT2D eigenvalue weighted by atomic mass is 10.1. The lowest BCUT2D eigenvalue weighted by Crippen LogP contribution is -2.44. The molecule has 0 N–H and O–H groups in total. The van der Waals surface area contributed by atoms with Crippen LogP contribution in [0.5, 0.6) is 17.2 Å². The molecule has 0 aliphatic heterocycles.